The predicted molar refractivity (Wildman–Crippen MR) is 109 cm³/mol. The molecule has 4 rings (SSSR count). The van der Waals surface area contributed by atoms with E-state index in [0.717, 1.165) is 27.8 Å². The first kappa shape index (κ1) is 18.4. The Morgan fingerprint density at radius 3 is 2.75 bits per heavy atom. The molecule has 2 aromatic carbocycles. The fourth-order valence-electron chi connectivity index (χ4n) is 3.22. The molecule has 0 saturated heterocycles. The fraction of sp³-hybridized carbons (Fsp3) is 0.238. The second-order valence-electron chi connectivity index (χ2n) is 6.83. The van der Waals surface area contributed by atoms with Gasteiger partial charge in [0.15, 0.2) is 10.9 Å². The van der Waals surface area contributed by atoms with Crippen LogP contribution in [-0.2, 0) is 11.3 Å². The first-order chi connectivity index (χ1) is 13.5. The molecule has 0 saturated carbocycles. The highest BCUT2D eigenvalue weighted by molar-refractivity contribution is 7.99. The molecule has 3 aromatic rings. The van der Waals surface area contributed by atoms with E-state index in [0.29, 0.717) is 12.1 Å². The molecule has 1 atom stereocenters. The molecule has 1 aromatic heterocycles. The van der Waals surface area contributed by atoms with Gasteiger partial charge in [0.05, 0.1) is 18.2 Å². The van der Waals surface area contributed by atoms with Crippen molar-refractivity contribution in [2.45, 2.75) is 31.5 Å². The summed E-state index contributed by atoms with van der Waals surface area (Å²) in [5.41, 5.74) is 3.44. The monoisotopic (exact) mass is 392 g/mol. The number of nitrogens with zero attached hydrogens (tertiary/aromatic N) is 3. The van der Waals surface area contributed by atoms with Crippen LogP contribution in [0.15, 0.2) is 53.7 Å². The zero-order chi connectivity index (χ0) is 19.7. The number of thioether (sulfide) groups is 1. The van der Waals surface area contributed by atoms with E-state index in [1.807, 2.05) is 42.7 Å². The SMILES string of the molecule is Cc1nnc(SCC(=O)c2ccc3c(c2)[C@@H](C)C(=O)N3)n1Cc1ccccc1. The number of aromatic nitrogens is 3. The Balaban J connectivity index is 1.47. The normalized spacial score (nSPS) is 15.4. The van der Waals surface area contributed by atoms with Crippen molar-refractivity contribution in [1.29, 1.82) is 0 Å². The third-order valence-corrected chi connectivity index (χ3v) is 5.88. The molecule has 1 aliphatic rings. The third-order valence-electron chi connectivity index (χ3n) is 4.91. The van der Waals surface area contributed by atoms with Gasteiger partial charge in [-0.15, -0.1) is 10.2 Å². The number of fused-ring (bicyclic) bond motifs is 1. The quantitative estimate of drug-likeness (QED) is 0.512. The van der Waals surface area contributed by atoms with E-state index in [1.54, 1.807) is 12.1 Å². The first-order valence-electron chi connectivity index (χ1n) is 9.07. The molecule has 0 radical (unpaired) electrons. The topological polar surface area (TPSA) is 76.9 Å². The predicted octanol–water partition coefficient (Wildman–Crippen LogP) is 3.67. The lowest BCUT2D eigenvalue weighted by atomic mass is 9.99. The van der Waals surface area contributed by atoms with Crippen molar-refractivity contribution >= 4 is 29.1 Å². The van der Waals surface area contributed by atoms with E-state index in [2.05, 4.69) is 27.6 Å². The van der Waals surface area contributed by atoms with E-state index in [-0.39, 0.29) is 23.4 Å². The number of nitrogens with one attached hydrogen (secondary N) is 1. The molecule has 1 N–H and O–H groups in total. The molecular weight excluding hydrogens is 372 g/mol. The minimum absolute atomic E-state index is 0.00580. The lowest BCUT2D eigenvalue weighted by Crippen LogP contribution is -2.08. The van der Waals surface area contributed by atoms with Crippen LogP contribution in [0.1, 0.15) is 40.2 Å². The minimum atomic E-state index is -0.230. The maximum atomic E-state index is 12.7. The molecule has 0 bridgehead atoms. The second kappa shape index (κ2) is 7.59. The third kappa shape index (κ3) is 3.57. The van der Waals surface area contributed by atoms with Crippen LogP contribution in [0.25, 0.3) is 0 Å². The van der Waals surface area contributed by atoms with Gasteiger partial charge < -0.3 is 9.88 Å². The number of rotatable bonds is 6. The largest absolute Gasteiger partial charge is 0.325 e. The Morgan fingerprint density at radius 2 is 1.96 bits per heavy atom. The summed E-state index contributed by atoms with van der Waals surface area (Å²) in [6.07, 6.45) is 0. The maximum Gasteiger partial charge on any atom is 0.231 e. The van der Waals surface area contributed by atoms with Crippen molar-refractivity contribution in [2.24, 2.45) is 0 Å². The highest BCUT2D eigenvalue weighted by Gasteiger charge is 2.27. The lowest BCUT2D eigenvalue weighted by molar-refractivity contribution is -0.116. The first-order valence-corrected chi connectivity index (χ1v) is 10.1. The molecule has 1 amide bonds. The summed E-state index contributed by atoms with van der Waals surface area (Å²) in [6.45, 7) is 4.42. The summed E-state index contributed by atoms with van der Waals surface area (Å²) in [4.78, 5) is 24.5. The molecule has 0 unspecified atom stereocenters. The van der Waals surface area contributed by atoms with Crippen LogP contribution in [0.2, 0.25) is 0 Å². The van der Waals surface area contributed by atoms with Crippen LogP contribution in [0.3, 0.4) is 0 Å². The van der Waals surface area contributed by atoms with Gasteiger partial charge in [-0.05, 0) is 43.2 Å². The summed E-state index contributed by atoms with van der Waals surface area (Å²) < 4.78 is 2.01. The Labute approximate surface area is 167 Å². The number of carbonyl (C=O) groups excluding carboxylic acids is 2. The van der Waals surface area contributed by atoms with Gasteiger partial charge >= 0.3 is 0 Å². The highest BCUT2D eigenvalue weighted by Crippen LogP contribution is 2.33. The van der Waals surface area contributed by atoms with Crippen molar-refractivity contribution in [3.63, 3.8) is 0 Å². The van der Waals surface area contributed by atoms with Crippen molar-refractivity contribution in [3.8, 4) is 0 Å². The van der Waals surface area contributed by atoms with Gasteiger partial charge in [0, 0.05) is 11.3 Å². The number of anilines is 1. The van der Waals surface area contributed by atoms with Crippen LogP contribution < -0.4 is 5.32 Å². The number of hydrogen-bond donors (Lipinski definition) is 1. The van der Waals surface area contributed by atoms with Gasteiger partial charge in [0.2, 0.25) is 5.91 Å². The molecule has 0 fully saturated rings. The smallest absolute Gasteiger partial charge is 0.231 e. The van der Waals surface area contributed by atoms with Gasteiger partial charge in [0.25, 0.3) is 0 Å². The summed E-state index contributed by atoms with van der Waals surface area (Å²) in [7, 11) is 0. The summed E-state index contributed by atoms with van der Waals surface area (Å²) in [5.74, 6) is 0.827. The Morgan fingerprint density at radius 1 is 1.18 bits per heavy atom. The Kier molecular flexibility index (Phi) is 5.00. The van der Waals surface area contributed by atoms with Crippen molar-refractivity contribution in [1.82, 2.24) is 14.8 Å². The minimum Gasteiger partial charge on any atom is -0.325 e. The fourth-order valence-corrected chi connectivity index (χ4v) is 4.10. The van der Waals surface area contributed by atoms with Crippen LogP contribution in [0.4, 0.5) is 5.69 Å². The molecule has 142 valence electrons. The van der Waals surface area contributed by atoms with E-state index in [4.69, 9.17) is 0 Å². The van der Waals surface area contributed by atoms with Gasteiger partial charge in [0.1, 0.15) is 5.82 Å². The maximum absolute atomic E-state index is 12.7. The van der Waals surface area contributed by atoms with Gasteiger partial charge in [-0.2, -0.15) is 0 Å². The Bertz CT molecular complexity index is 1050. The summed E-state index contributed by atoms with van der Waals surface area (Å²) in [6, 6.07) is 15.5. The molecule has 6 nitrogen and oxygen atoms in total. The average molecular weight is 392 g/mol. The number of benzene rings is 2. The molecule has 0 spiro atoms. The van der Waals surface area contributed by atoms with Crippen molar-refractivity contribution < 1.29 is 9.59 Å². The number of carbonyl (C=O) groups is 2. The van der Waals surface area contributed by atoms with E-state index in [9.17, 15) is 9.59 Å². The van der Waals surface area contributed by atoms with E-state index >= 15 is 0 Å². The number of aryl methyl sites for hydroxylation is 1. The Hall–Kier alpha value is -2.93. The molecule has 0 aliphatic carbocycles. The zero-order valence-corrected chi connectivity index (χ0v) is 16.5. The van der Waals surface area contributed by atoms with Crippen molar-refractivity contribution in [2.75, 3.05) is 11.1 Å². The van der Waals surface area contributed by atoms with Crippen LogP contribution in [0.5, 0.6) is 0 Å². The number of hydrogen-bond acceptors (Lipinski definition) is 5. The highest BCUT2D eigenvalue weighted by atomic mass is 32.2. The zero-order valence-electron chi connectivity index (χ0n) is 15.7. The van der Waals surface area contributed by atoms with Gasteiger partial charge in [-0.1, -0.05) is 42.1 Å². The average Bonchev–Trinajstić information content (AvgIpc) is 3.20. The molecule has 28 heavy (non-hydrogen) atoms. The van der Waals surface area contributed by atoms with E-state index in [1.165, 1.54) is 11.8 Å². The van der Waals surface area contributed by atoms with Crippen molar-refractivity contribution in [3.05, 3.63) is 71.0 Å². The lowest BCUT2D eigenvalue weighted by Gasteiger charge is -2.09. The van der Waals surface area contributed by atoms with Crippen LogP contribution in [-0.4, -0.2) is 32.2 Å². The van der Waals surface area contributed by atoms with Gasteiger partial charge in [-0.25, -0.2) is 0 Å². The van der Waals surface area contributed by atoms with Gasteiger partial charge in [-0.3, -0.25) is 9.59 Å². The number of ketones is 1. The summed E-state index contributed by atoms with van der Waals surface area (Å²) >= 11 is 1.38. The molecule has 7 heteroatoms. The second-order valence-corrected chi connectivity index (χ2v) is 7.77. The number of Topliss-reactive ketones (excluding diaryl/α,β-unsaturated/α-hetero) is 1. The number of amides is 1. The molecule has 1 aliphatic heterocycles. The molecular formula is C21H20N4O2S. The molecule has 2 heterocycles. The standard InChI is InChI=1S/C21H20N4O2S/c1-13-17-10-16(8-9-18(17)22-20(13)27)19(26)12-28-21-24-23-14(2)25(21)11-15-6-4-3-5-7-15/h3-10,13H,11-12H2,1-2H3,(H,22,27)/t13-/m1/s1. The van der Waals surface area contributed by atoms with Crippen LogP contribution >= 0.6 is 11.8 Å². The summed E-state index contributed by atoms with van der Waals surface area (Å²) in [5, 5.41) is 11.9. The van der Waals surface area contributed by atoms with E-state index < -0.39 is 0 Å². The van der Waals surface area contributed by atoms with Crippen LogP contribution in [0, 0.1) is 6.92 Å².